The number of fused-ring (bicyclic) bond motifs is 4. The molecule has 0 aliphatic carbocycles. The van der Waals surface area contributed by atoms with Crippen LogP contribution >= 0.6 is 15.9 Å². The second kappa shape index (κ2) is 6.56. The highest BCUT2D eigenvalue weighted by atomic mass is 79.9. The lowest BCUT2D eigenvalue weighted by Gasteiger charge is -2.46. The Kier molecular flexibility index (Phi) is 4.25. The van der Waals surface area contributed by atoms with Crippen LogP contribution in [0.5, 0.6) is 0 Å². The predicted molar refractivity (Wildman–Crippen MR) is 122 cm³/mol. The molecule has 1 spiro atoms. The Hall–Kier alpha value is -2.87. The molecular weight excluding hydrogens is 460 g/mol. The molecule has 1 fully saturated rings. The highest BCUT2D eigenvalue weighted by molar-refractivity contribution is 9.10. The van der Waals surface area contributed by atoms with Gasteiger partial charge in [-0.15, -0.1) is 0 Å². The van der Waals surface area contributed by atoms with Gasteiger partial charge in [-0.05, 0) is 42.3 Å². The van der Waals surface area contributed by atoms with Gasteiger partial charge in [0.25, 0.3) is 0 Å². The van der Waals surface area contributed by atoms with Crippen molar-refractivity contribution in [1.82, 2.24) is 14.9 Å². The fourth-order valence-electron chi connectivity index (χ4n) is 4.62. The van der Waals surface area contributed by atoms with Crippen LogP contribution in [0.3, 0.4) is 0 Å². The fraction of sp³-hybridized carbons (Fsp3) is 0.348. The number of nitrogens with one attached hydrogen (secondary N) is 1. The summed E-state index contributed by atoms with van der Waals surface area (Å²) in [5, 5.41) is 0.914. The second-order valence-corrected chi connectivity index (χ2v) is 10.00. The first-order valence-corrected chi connectivity index (χ1v) is 10.9. The minimum atomic E-state index is -0.798. The molecule has 0 unspecified atom stereocenters. The topological polar surface area (TPSA) is 78.5 Å². The maximum atomic E-state index is 13.4. The molecule has 7 nitrogen and oxygen atoms in total. The van der Waals surface area contributed by atoms with Crippen LogP contribution in [-0.4, -0.2) is 52.6 Å². The summed E-state index contributed by atoms with van der Waals surface area (Å²) in [7, 11) is 1.77. The molecule has 0 saturated carbocycles. The number of carbonyl (C=O) groups is 2. The van der Waals surface area contributed by atoms with Gasteiger partial charge < -0.3 is 19.5 Å². The van der Waals surface area contributed by atoms with Crippen molar-refractivity contribution in [3.05, 3.63) is 46.7 Å². The summed E-state index contributed by atoms with van der Waals surface area (Å²) >= 11 is 3.65. The van der Waals surface area contributed by atoms with E-state index >= 15 is 0 Å². The maximum absolute atomic E-state index is 13.4. The SMILES string of the molecule is CN1C(=O)C2(CN(C(=O)OC(C)(C)C)C2)c2c1cnc1[nH]c(Br)c(-c3ccccc3)c21. The van der Waals surface area contributed by atoms with E-state index in [1.807, 2.05) is 51.1 Å². The number of likely N-dealkylation sites (N-methyl/N-ethyl adjacent to an activating group) is 1. The van der Waals surface area contributed by atoms with Gasteiger partial charge in [0.2, 0.25) is 5.91 Å². The van der Waals surface area contributed by atoms with E-state index in [1.165, 1.54) is 0 Å². The van der Waals surface area contributed by atoms with Crippen LogP contribution in [0.25, 0.3) is 22.2 Å². The largest absolute Gasteiger partial charge is 0.444 e. The molecule has 2 amide bonds. The molecule has 31 heavy (non-hydrogen) atoms. The molecule has 3 aromatic rings. The molecule has 4 heterocycles. The second-order valence-electron chi connectivity index (χ2n) is 9.20. The van der Waals surface area contributed by atoms with Crippen molar-refractivity contribution >= 4 is 44.7 Å². The third-order valence-corrected chi connectivity index (χ3v) is 6.54. The minimum absolute atomic E-state index is 0.0204. The van der Waals surface area contributed by atoms with E-state index in [0.717, 1.165) is 32.4 Å². The van der Waals surface area contributed by atoms with Gasteiger partial charge in [0.05, 0.1) is 16.5 Å². The van der Waals surface area contributed by atoms with Crippen molar-refractivity contribution in [1.29, 1.82) is 0 Å². The lowest BCUT2D eigenvalue weighted by atomic mass is 9.73. The summed E-state index contributed by atoms with van der Waals surface area (Å²) in [6.45, 7) is 6.08. The van der Waals surface area contributed by atoms with E-state index in [2.05, 4.69) is 25.9 Å². The van der Waals surface area contributed by atoms with Gasteiger partial charge >= 0.3 is 6.09 Å². The zero-order chi connectivity index (χ0) is 22.1. The third kappa shape index (κ3) is 2.88. The van der Waals surface area contributed by atoms with Gasteiger partial charge in [0.15, 0.2) is 0 Å². The molecule has 0 bridgehead atoms. The number of carbonyl (C=O) groups excluding carboxylic acids is 2. The number of ether oxygens (including phenoxy) is 1. The smallest absolute Gasteiger partial charge is 0.410 e. The molecular formula is C23H23BrN4O3. The monoisotopic (exact) mass is 482 g/mol. The van der Waals surface area contributed by atoms with Crippen molar-refractivity contribution in [3.63, 3.8) is 0 Å². The van der Waals surface area contributed by atoms with E-state index in [9.17, 15) is 9.59 Å². The molecule has 0 atom stereocenters. The number of hydrogen-bond donors (Lipinski definition) is 1. The summed E-state index contributed by atoms with van der Waals surface area (Å²) < 4.78 is 6.33. The molecule has 160 valence electrons. The Morgan fingerprint density at radius 3 is 2.55 bits per heavy atom. The zero-order valence-corrected chi connectivity index (χ0v) is 19.4. The number of H-pyrrole nitrogens is 1. The van der Waals surface area contributed by atoms with Gasteiger partial charge in [-0.1, -0.05) is 30.3 Å². The lowest BCUT2D eigenvalue weighted by molar-refractivity contribution is -0.128. The summed E-state index contributed by atoms with van der Waals surface area (Å²) in [5.74, 6) is -0.0204. The quantitative estimate of drug-likeness (QED) is 0.555. The van der Waals surface area contributed by atoms with Gasteiger partial charge in [0.1, 0.15) is 16.7 Å². The zero-order valence-electron chi connectivity index (χ0n) is 17.8. The molecule has 1 aromatic carbocycles. The number of nitrogens with zero attached hydrogens (tertiary/aromatic N) is 3. The number of halogens is 1. The highest BCUT2D eigenvalue weighted by Gasteiger charge is 2.60. The molecule has 8 heteroatoms. The summed E-state index contributed by atoms with van der Waals surface area (Å²) in [6, 6.07) is 10.0. The highest BCUT2D eigenvalue weighted by Crippen LogP contribution is 2.52. The standard InChI is InChI=1S/C23H23BrN4O3/c1-22(2,3)31-21(30)28-11-23(12-28)17-14(27(4)20(23)29)10-25-19-16(17)15(18(24)26-19)13-8-6-5-7-9-13/h5-10H,11-12H2,1-4H3,(H,25,26). The first kappa shape index (κ1) is 20.1. The number of rotatable bonds is 1. The van der Waals surface area contributed by atoms with Crippen LogP contribution in [0.2, 0.25) is 0 Å². The average Bonchev–Trinajstić information content (AvgIpc) is 3.12. The van der Waals surface area contributed by atoms with E-state index in [0.29, 0.717) is 5.65 Å². The van der Waals surface area contributed by atoms with Crippen LogP contribution in [0.1, 0.15) is 26.3 Å². The molecule has 2 aliphatic rings. The van der Waals surface area contributed by atoms with E-state index < -0.39 is 17.1 Å². The maximum Gasteiger partial charge on any atom is 0.410 e. The Morgan fingerprint density at radius 1 is 1.23 bits per heavy atom. The molecule has 5 rings (SSSR count). The van der Waals surface area contributed by atoms with Crippen LogP contribution in [0, 0.1) is 0 Å². The molecule has 1 saturated heterocycles. The first-order chi connectivity index (χ1) is 14.6. The Bertz CT molecular complexity index is 1220. The lowest BCUT2D eigenvalue weighted by Crippen LogP contribution is -2.65. The van der Waals surface area contributed by atoms with Gasteiger partial charge in [0, 0.05) is 36.7 Å². The number of amides is 2. The molecule has 2 aromatic heterocycles. The van der Waals surface area contributed by atoms with Crippen molar-refractivity contribution in [2.45, 2.75) is 31.8 Å². The van der Waals surface area contributed by atoms with Crippen LogP contribution in [0.4, 0.5) is 10.5 Å². The summed E-state index contributed by atoms with van der Waals surface area (Å²) in [6.07, 6.45) is 1.34. The van der Waals surface area contributed by atoms with E-state index in [1.54, 1.807) is 23.0 Å². The van der Waals surface area contributed by atoms with Crippen molar-refractivity contribution in [2.24, 2.45) is 0 Å². The number of hydrogen-bond acceptors (Lipinski definition) is 4. The number of anilines is 1. The number of pyridine rings is 1. The predicted octanol–water partition coefficient (Wildman–Crippen LogP) is 4.46. The van der Waals surface area contributed by atoms with Gasteiger partial charge in [-0.3, -0.25) is 4.79 Å². The normalized spacial score (nSPS) is 17.3. The number of aromatic nitrogens is 2. The Morgan fingerprint density at radius 2 is 1.90 bits per heavy atom. The average molecular weight is 483 g/mol. The minimum Gasteiger partial charge on any atom is -0.444 e. The summed E-state index contributed by atoms with van der Waals surface area (Å²) in [4.78, 5) is 37.2. The number of aromatic amines is 1. The van der Waals surface area contributed by atoms with E-state index in [-0.39, 0.29) is 19.0 Å². The van der Waals surface area contributed by atoms with Crippen molar-refractivity contribution in [2.75, 3.05) is 25.0 Å². The van der Waals surface area contributed by atoms with Crippen LogP contribution < -0.4 is 4.90 Å². The van der Waals surface area contributed by atoms with Crippen LogP contribution in [0.15, 0.2) is 41.1 Å². The van der Waals surface area contributed by atoms with Gasteiger partial charge in [-0.25, -0.2) is 9.78 Å². The van der Waals surface area contributed by atoms with Crippen molar-refractivity contribution < 1.29 is 14.3 Å². The number of likely N-dealkylation sites (tertiary alicyclic amines) is 1. The van der Waals surface area contributed by atoms with Gasteiger partial charge in [-0.2, -0.15) is 0 Å². The number of benzene rings is 1. The van der Waals surface area contributed by atoms with Crippen molar-refractivity contribution in [3.8, 4) is 11.1 Å². The molecule has 2 aliphatic heterocycles. The van der Waals surface area contributed by atoms with Crippen LogP contribution in [-0.2, 0) is 14.9 Å². The Labute approximate surface area is 188 Å². The third-order valence-electron chi connectivity index (χ3n) is 5.95. The molecule has 1 N–H and O–H groups in total. The summed E-state index contributed by atoms with van der Waals surface area (Å²) in [5.41, 5.74) is 3.03. The van der Waals surface area contributed by atoms with E-state index in [4.69, 9.17) is 4.74 Å². The first-order valence-electron chi connectivity index (χ1n) is 10.1. The molecule has 0 radical (unpaired) electrons. The Balaban J connectivity index is 1.65. The fourth-order valence-corrected chi connectivity index (χ4v) is 5.24.